The summed E-state index contributed by atoms with van der Waals surface area (Å²) in [7, 11) is 0. The molecule has 0 saturated carbocycles. The Morgan fingerprint density at radius 3 is 2.71 bits per heavy atom. The summed E-state index contributed by atoms with van der Waals surface area (Å²) in [5, 5.41) is 12.6. The van der Waals surface area contributed by atoms with Crippen molar-refractivity contribution in [2.24, 2.45) is 0 Å². The van der Waals surface area contributed by atoms with Crippen LogP contribution in [0, 0.1) is 0 Å². The van der Waals surface area contributed by atoms with Gasteiger partial charge >= 0.3 is 0 Å². The number of anilines is 1. The molecule has 0 aliphatic heterocycles. The molecule has 6 nitrogen and oxygen atoms in total. The van der Waals surface area contributed by atoms with E-state index in [9.17, 15) is 9.90 Å². The smallest absolute Gasteiger partial charge is 0.291 e. The monoisotopic (exact) mass is 325 g/mol. The molecule has 2 aromatic carbocycles. The van der Waals surface area contributed by atoms with Gasteiger partial charge in [-0.15, -0.1) is 0 Å². The highest BCUT2D eigenvalue weighted by molar-refractivity contribution is 6.03. The predicted molar refractivity (Wildman–Crippen MR) is 92.3 cm³/mol. The number of fused-ring (bicyclic) bond motifs is 1. The molecule has 3 aromatic rings. The minimum atomic E-state index is -0.654. The first-order valence-corrected chi connectivity index (χ1v) is 7.79. The van der Waals surface area contributed by atoms with Crippen LogP contribution in [0.1, 0.15) is 36.1 Å². The minimum absolute atomic E-state index is 0.201. The SMILES string of the molecule is CCOc1ccc(NC(=O)c2nc3c(C(C)O)cccc3[nH]2)cc1. The molecule has 1 aromatic heterocycles. The van der Waals surface area contributed by atoms with Crippen LogP contribution in [-0.4, -0.2) is 27.6 Å². The van der Waals surface area contributed by atoms with E-state index in [-0.39, 0.29) is 11.7 Å². The third-order valence-electron chi connectivity index (χ3n) is 3.63. The quantitative estimate of drug-likeness (QED) is 0.672. The first-order chi connectivity index (χ1) is 11.6. The fraction of sp³-hybridized carbons (Fsp3) is 0.222. The Morgan fingerprint density at radius 1 is 1.29 bits per heavy atom. The number of aliphatic hydroxyl groups is 1. The standard InChI is InChI=1S/C18H19N3O3/c1-3-24-13-9-7-12(8-10-13)19-18(23)17-20-15-6-4-5-14(11(2)22)16(15)21-17/h4-11,22H,3H2,1-2H3,(H,19,23)(H,20,21). The zero-order chi connectivity index (χ0) is 17.1. The van der Waals surface area contributed by atoms with Crippen LogP contribution < -0.4 is 10.1 Å². The molecule has 0 aliphatic rings. The van der Waals surface area contributed by atoms with Gasteiger partial charge in [0.1, 0.15) is 5.75 Å². The Hall–Kier alpha value is -2.86. The van der Waals surface area contributed by atoms with E-state index >= 15 is 0 Å². The van der Waals surface area contributed by atoms with Gasteiger partial charge in [-0.1, -0.05) is 12.1 Å². The van der Waals surface area contributed by atoms with Gasteiger partial charge in [-0.25, -0.2) is 4.98 Å². The maximum Gasteiger partial charge on any atom is 0.291 e. The lowest BCUT2D eigenvalue weighted by molar-refractivity contribution is 0.101. The molecular formula is C18H19N3O3. The van der Waals surface area contributed by atoms with Crippen LogP contribution in [0.5, 0.6) is 5.75 Å². The maximum atomic E-state index is 12.4. The normalized spacial score (nSPS) is 12.1. The summed E-state index contributed by atoms with van der Waals surface area (Å²) < 4.78 is 5.37. The number of carbonyl (C=O) groups excluding carboxylic acids is 1. The van der Waals surface area contributed by atoms with Gasteiger partial charge < -0.3 is 20.1 Å². The molecule has 1 unspecified atom stereocenters. The topological polar surface area (TPSA) is 87.2 Å². The van der Waals surface area contributed by atoms with Crippen LogP contribution >= 0.6 is 0 Å². The largest absolute Gasteiger partial charge is 0.494 e. The number of H-pyrrole nitrogens is 1. The fourth-order valence-electron chi connectivity index (χ4n) is 2.49. The average Bonchev–Trinajstić information content (AvgIpc) is 3.01. The molecule has 24 heavy (non-hydrogen) atoms. The van der Waals surface area contributed by atoms with E-state index in [1.165, 1.54) is 0 Å². The van der Waals surface area contributed by atoms with Gasteiger partial charge in [-0.2, -0.15) is 0 Å². The van der Waals surface area contributed by atoms with Crippen molar-refractivity contribution in [2.45, 2.75) is 20.0 Å². The Bertz CT molecular complexity index is 854. The number of hydrogen-bond acceptors (Lipinski definition) is 4. The molecule has 1 amide bonds. The van der Waals surface area contributed by atoms with Gasteiger partial charge in [-0.3, -0.25) is 4.79 Å². The van der Waals surface area contributed by atoms with E-state index < -0.39 is 6.10 Å². The van der Waals surface area contributed by atoms with Crippen LogP contribution in [-0.2, 0) is 0 Å². The predicted octanol–water partition coefficient (Wildman–Crippen LogP) is 3.27. The molecule has 124 valence electrons. The van der Waals surface area contributed by atoms with Crippen LogP contribution in [0.4, 0.5) is 5.69 Å². The number of imidazole rings is 1. The number of amides is 1. The van der Waals surface area contributed by atoms with E-state index in [2.05, 4.69) is 15.3 Å². The first-order valence-electron chi connectivity index (χ1n) is 7.79. The number of aromatic nitrogens is 2. The van der Waals surface area contributed by atoms with Crippen molar-refractivity contribution in [3.05, 3.63) is 53.9 Å². The van der Waals surface area contributed by atoms with Gasteiger partial charge in [0.05, 0.1) is 23.7 Å². The number of rotatable bonds is 5. The van der Waals surface area contributed by atoms with Crippen molar-refractivity contribution >= 4 is 22.6 Å². The molecular weight excluding hydrogens is 306 g/mol. The van der Waals surface area contributed by atoms with Crippen molar-refractivity contribution in [1.82, 2.24) is 9.97 Å². The van der Waals surface area contributed by atoms with Gasteiger partial charge in [0.25, 0.3) is 5.91 Å². The zero-order valence-corrected chi connectivity index (χ0v) is 13.5. The van der Waals surface area contributed by atoms with Crippen LogP contribution in [0.25, 0.3) is 11.0 Å². The van der Waals surface area contributed by atoms with Crippen molar-refractivity contribution in [2.75, 3.05) is 11.9 Å². The third-order valence-corrected chi connectivity index (χ3v) is 3.63. The second kappa shape index (κ2) is 6.72. The molecule has 6 heteroatoms. The highest BCUT2D eigenvalue weighted by Crippen LogP contribution is 2.23. The Labute approximate surface area is 139 Å². The Morgan fingerprint density at radius 2 is 2.04 bits per heavy atom. The molecule has 3 rings (SSSR count). The van der Waals surface area contributed by atoms with E-state index in [4.69, 9.17) is 4.74 Å². The highest BCUT2D eigenvalue weighted by atomic mass is 16.5. The highest BCUT2D eigenvalue weighted by Gasteiger charge is 2.15. The molecule has 0 aliphatic carbocycles. The lowest BCUT2D eigenvalue weighted by atomic mass is 10.1. The molecule has 0 radical (unpaired) electrons. The fourth-order valence-corrected chi connectivity index (χ4v) is 2.49. The molecule has 0 fully saturated rings. The molecule has 3 N–H and O–H groups in total. The van der Waals surface area contributed by atoms with Crippen molar-refractivity contribution in [3.8, 4) is 5.75 Å². The number of hydrogen-bond donors (Lipinski definition) is 3. The maximum absolute atomic E-state index is 12.4. The zero-order valence-electron chi connectivity index (χ0n) is 13.5. The summed E-state index contributed by atoms with van der Waals surface area (Å²) in [6.07, 6.45) is -0.654. The van der Waals surface area contributed by atoms with Gasteiger partial charge in [0, 0.05) is 11.3 Å². The molecule has 0 bridgehead atoms. The number of para-hydroxylation sites is 1. The van der Waals surface area contributed by atoms with Gasteiger partial charge in [0.2, 0.25) is 0 Å². The van der Waals surface area contributed by atoms with Crippen molar-refractivity contribution in [3.63, 3.8) is 0 Å². The van der Waals surface area contributed by atoms with Crippen LogP contribution in [0.3, 0.4) is 0 Å². The number of nitrogens with one attached hydrogen (secondary N) is 2. The number of aromatic amines is 1. The summed E-state index contributed by atoms with van der Waals surface area (Å²) in [6.45, 7) is 4.18. The van der Waals surface area contributed by atoms with Crippen LogP contribution in [0.2, 0.25) is 0 Å². The summed E-state index contributed by atoms with van der Waals surface area (Å²) in [6, 6.07) is 12.6. The minimum Gasteiger partial charge on any atom is -0.494 e. The third kappa shape index (κ3) is 3.23. The summed E-state index contributed by atoms with van der Waals surface area (Å²) in [5.74, 6) is 0.611. The number of carbonyl (C=O) groups is 1. The average molecular weight is 325 g/mol. The van der Waals surface area contributed by atoms with Gasteiger partial charge in [0.15, 0.2) is 5.82 Å². The Kier molecular flexibility index (Phi) is 4.48. The summed E-state index contributed by atoms with van der Waals surface area (Å²) in [4.78, 5) is 19.7. The summed E-state index contributed by atoms with van der Waals surface area (Å²) in [5.41, 5.74) is 2.65. The molecule has 1 atom stereocenters. The van der Waals surface area contributed by atoms with E-state index in [1.54, 1.807) is 37.3 Å². The van der Waals surface area contributed by atoms with Crippen LogP contribution in [0.15, 0.2) is 42.5 Å². The Balaban J connectivity index is 1.82. The summed E-state index contributed by atoms with van der Waals surface area (Å²) >= 11 is 0. The first kappa shape index (κ1) is 16.0. The van der Waals surface area contributed by atoms with Crippen molar-refractivity contribution < 1.29 is 14.6 Å². The lowest BCUT2D eigenvalue weighted by Crippen LogP contribution is -2.13. The van der Waals surface area contributed by atoms with E-state index in [0.29, 0.717) is 28.9 Å². The number of ether oxygens (including phenoxy) is 1. The van der Waals surface area contributed by atoms with Crippen molar-refractivity contribution in [1.29, 1.82) is 0 Å². The van der Waals surface area contributed by atoms with E-state index in [1.807, 2.05) is 19.1 Å². The van der Waals surface area contributed by atoms with E-state index in [0.717, 1.165) is 5.75 Å². The second-order valence-corrected chi connectivity index (χ2v) is 5.42. The second-order valence-electron chi connectivity index (χ2n) is 5.42. The number of aliphatic hydroxyl groups excluding tert-OH is 1. The lowest BCUT2D eigenvalue weighted by Gasteiger charge is -2.05. The number of nitrogens with zero attached hydrogens (tertiary/aromatic N) is 1. The molecule has 0 spiro atoms. The molecule has 0 saturated heterocycles. The van der Waals surface area contributed by atoms with Gasteiger partial charge in [-0.05, 0) is 44.2 Å². The molecule has 1 heterocycles. The number of benzene rings is 2.